The molecular weight excluding hydrogens is 336 g/mol. The van der Waals surface area contributed by atoms with E-state index in [9.17, 15) is 8.42 Å². The molecule has 1 unspecified atom stereocenters. The third-order valence-electron chi connectivity index (χ3n) is 5.11. The van der Waals surface area contributed by atoms with Crippen molar-refractivity contribution in [2.75, 3.05) is 37.3 Å². The third kappa shape index (κ3) is 3.48. The number of fused-ring (bicyclic) bond motifs is 1. The summed E-state index contributed by atoms with van der Waals surface area (Å²) < 4.78 is 23.9. The van der Waals surface area contributed by atoms with Crippen molar-refractivity contribution in [1.82, 2.24) is 14.9 Å². The van der Waals surface area contributed by atoms with Crippen molar-refractivity contribution in [2.24, 2.45) is 5.92 Å². The maximum Gasteiger partial charge on any atom is 0.175 e. The lowest BCUT2D eigenvalue weighted by Crippen LogP contribution is -2.32. The molecule has 0 bridgehead atoms. The quantitative estimate of drug-likeness (QED) is 0.834. The lowest BCUT2D eigenvalue weighted by atomic mass is 10.1. The molecule has 0 amide bonds. The minimum Gasteiger partial charge on any atom is -0.354 e. The SMILES string of the molecule is CC1CN(c2ncnc3ccc(S(C)(=O)=O)cc23)CCN(C2CC2)C1. The summed E-state index contributed by atoms with van der Waals surface area (Å²) in [5, 5.41) is 0.817. The molecule has 25 heavy (non-hydrogen) atoms. The summed E-state index contributed by atoms with van der Waals surface area (Å²) >= 11 is 0. The normalized spacial score (nSPS) is 23.0. The molecule has 1 aliphatic carbocycles. The van der Waals surface area contributed by atoms with Crippen molar-refractivity contribution in [3.63, 3.8) is 0 Å². The number of sulfone groups is 1. The van der Waals surface area contributed by atoms with Gasteiger partial charge < -0.3 is 4.90 Å². The lowest BCUT2D eigenvalue weighted by Gasteiger charge is -2.24. The molecule has 2 aliphatic rings. The van der Waals surface area contributed by atoms with Gasteiger partial charge in [0.1, 0.15) is 12.1 Å². The van der Waals surface area contributed by atoms with Gasteiger partial charge in [0, 0.05) is 43.9 Å². The van der Waals surface area contributed by atoms with Crippen LogP contribution in [0.1, 0.15) is 19.8 Å². The smallest absolute Gasteiger partial charge is 0.175 e. The Hall–Kier alpha value is -1.73. The zero-order valence-electron chi connectivity index (χ0n) is 14.7. The summed E-state index contributed by atoms with van der Waals surface area (Å²) in [7, 11) is -3.25. The van der Waals surface area contributed by atoms with E-state index in [4.69, 9.17) is 0 Å². The van der Waals surface area contributed by atoms with E-state index in [1.165, 1.54) is 19.1 Å². The Morgan fingerprint density at radius 1 is 1.12 bits per heavy atom. The maximum absolute atomic E-state index is 11.9. The molecule has 1 saturated heterocycles. The van der Waals surface area contributed by atoms with E-state index in [-0.39, 0.29) is 0 Å². The molecule has 1 aromatic heterocycles. The van der Waals surface area contributed by atoms with Crippen molar-refractivity contribution in [3.8, 4) is 0 Å². The van der Waals surface area contributed by atoms with Gasteiger partial charge in [0.05, 0.1) is 10.4 Å². The van der Waals surface area contributed by atoms with Gasteiger partial charge in [-0.15, -0.1) is 0 Å². The van der Waals surface area contributed by atoms with E-state index in [1.807, 2.05) is 0 Å². The first kappa shape index (κ1) is 16.7. The second-order valence-corrected chi connectivity index (χ2v) is 9.44. The number of anilines is 1. The van der Waals surface area contributed by atoms with Crippen molar-refractivity contribution in [2.45, 2.75) is 30.7 Å². The molecule has 1 aliphatic heterocycles. The van der Waals surface area contributed by atoms with Crippen LogP contribution in [0.3, 0.4) is 0 Å². The highest BCUT2D eigenvalue weighted by molar-refractivity contribution is 7.90. The molecule has 1 saturated carbocycles. The molecule has 0 spiro atoms. The fourth-order valence-corrected chi connectivity index (χ4v) is 4.38. The summed E-state index contributed by atoms with van der Waals surface area (Å²) in [6.45, 7) is 6.28. The maximum atomic E-state index is 11.9. The van der Waals surface area contributed by atoms with Gasteiger partial charge in [0.15, 0.2) is 9.84 Å². The molecule has 0 radical (unpaired) electrons. The van der Waals surface area contributed by atoms with Gasteiger partial charge >= 0.3 is 0 Å². The fraction of sp³-hybridized carbons (Fsp3) is 0.556. The Bertz CT molecular complexity index is 895. The predicted octanol–water partition coefficient (Wildman–Crippen LogP) is 1.95. The Kier molecular flexibility index (Phi) is 4.16. The van der Waals surface area contributed by atoms with E-state index in [0.29, 0.717) is 10.8 Å². The highest BCUT2D eigenvalue weighted by Gasteiger charge is 2.32. The number of hydrogen-bond donors (Lipinski definition) is 0. The van der Waals surface area contributed by atoms with Gasteiger partial charge in [-0.1, -0.05) is 6.92 Å². The van der Waals surface area contributed by atoms with Gasteiger partial charge in [-0.05, 0) is 37.0 Å². The molecular formula is C18H24N4O2S. The van der Waals surface area contributed by atoms with E-state index in [1.54, 1.807) is 24.5 Å². The second kappa shape index (κ2) is 6.21. The summed E-state index contributed by atoms with van der Waals surface area (Å²) in [5.74, 6) is 1.39. The van der Waals surface area contributed by atoms with Gasteiger partial charge in [-0.25, -0.2) is 18.4 Å². The minimum atomic E-state index is -3.25. The molecule has 1 aromatic carbocycles. The van der Waals surface area contributed by atoms with Crippen LogP contribution in [0, 0.1) is 5.92 Å². The summed E-state index contributed by atoms with van der Waals surface area (Å²) in [6.07, 6.45) is 5.45. The highest BCUT2D eigenvalue weighted by Crippen LogP contribution is 2.31. The first-order valence-corrected chi connectivity index (χ1v) is 10.7. The Labute approximate surface area is 148 Å². The highest BCUT2D eigenvalue weighted by atomic mass is 32.2. The molecule has 2 aromatic rings. The average Bonchev–Trinajstić information content (AvgIpc) is 3.40. The van der Waals surface area contributed by atoms with Crippen LogP contribution in [-0.4, -0.2) is 61.8 Å². The fourth-order valence-electron chi connectivity index (χ4n) is 3.73. The predicted molar refractivity (Wildman–Crippen MR) is 98.6 cm³/mol. The first-order valence-electron chi connectivity index (χ1n) is 8.85. The largest absolute Gasteiger partial charge is 0.354 e. The molecule has 1 atom stereocenters. The summed E-state index contributed by atoms with van der Waals surface area (Å²) in [4.78, 5) is 14.0. The molecule has 0 N–H and O–H groups in total. The Morgan fingerprint density at radius 3 is 2.64 bits per heavy atom. The number of hydrogen-bond acceptors (Lipinski definition) is 6. The van der Waals surface area contributed by atoms with Crippen molar-refractivity contribution >= 4 is 26.6 Å². The number of nitrogens with zero attached hydrogens (tertiary/aromatic N) is 4. The summed E-state index contributed by atoms with van der Waals surface area (Å²) in [5.41, 5.74) is 0.786. The zero-order valence-corrected chi connectivity index (χ0v) is 15.5. The van der Waals surface area contributed by atoms with Crippen LogP contribution in [0.15, 0.2) is 29.4 Å². The Morgan fingerprint density at radius 2 is 1.92 bits per heavy atom. The Balaban J connectivity index is 1.72. The zero-order chi connectivity index (χ0) is 17.6. The molecule has 2 fully saturated rings. The minimum absolute atomic E-state index is 0.318. The summed E-state index contributed by atoms with van der Waals surface area (Å²) in [6, 6.07) is 5.87. The molecule has 4 rings (SSSR count). The molecule has 134 valence electrons. The van der Waals surface area contributed by atoms with Crippen molar-refractivity contribution in [1.29, 1.82) is 0 Å². The van der Waals surface area contributed by atoms with Gasteiger partial charge in [0.2, 0.25) is 0 Å². The van der Waals surface area contributed by atoms with Crippen LogP contribution in [0.2, 0.25) is 0 Å². The van der Waals surface area contributed by atoms with Crippen LogP contribution >= 0.6 is 0 Å². The van der Waals surface area contributed by atoms with E-state index in [0.717, 1.165) is 48.9 Å². The molecule has 6 nitrogen and oxygen atoms in total. The lowest BCUT2D eigenvalue weighted by molar-refractivity contribution is 0.255. The van der Waals surface area contributed by atoms with E-state index >= 15 is 0 Å². The standard InChI is InChI=1S/C18H24N4O2S/c1-13-10-21(14-3-4-14)7-8-22(11-13)18-16-9-15(25(2,23)24)5-6-17(16)19-12-20-18/h5-6,9,12-14H,3-4,7-8,10-11H2,1-2H3. The number of benzene rings is 1. The topological polar surface area (TPSA) is 66.4 Å². The van der Waals surface area contributed by atoms with Crippen molar-refractivity contribution < 1.29 is 8.42 Å². The number of aromatic nitrogens is 2. The molecule has 2 heterocycles. The van der Waals surface area contributed by atoms with Crippen molar-refractivity contribution in [3.05, 3.63) is 24.5 Å². The van der Waals surface area contributed by atoms with Crippen LogP contribution in [0.5, 0.6) is 0 Å². The van der Waals surface area contributed by atoms with Crippen LogP contribution in [-0.2, 0) is 9.84 Å². The molecule has 7 heteroatoms. The van der Waals surface area contributed by atoms with Crippen LogP contribution in [0.25, 0.3) is 10.9 Å². The van der Waals surface area contributed by atoms with Crippen LogP contribution in [0.4, 0.5) is 5.82 Å². The number of rotatable bonds is 3. The average molecular weight is 360 g/mol. The third-order valence-corrected chi connectivity index (χ3v) is 6.22. The van der Waals surface area contributed by atoms with Gasteiger partial charge in [0.25, 0.3) is 0 Å². The second-order valence-electron chi connectivity index (χ2n) is 7.43. The monoisotopic (exact) mass is 360 g/mol. The van der Waals surface area contributed by atoms with Gasteiger partial charge in [-0.3, -0.25) is 4.90 Å². The van der Waals surface area contributed by atoms with E-state index < -0.39 is 9.84 Å². The van der Waals surface area contributed by atoms with Gasteiger partial charge in [-0.2, -0.15) is 0 Å². The van der Waals surface area contributed by atoms with E-state index in [2.05, 4.69) is 26.7 Å². The first-order chi connectivity index (χ1) is 11.9. The van der Waals surface area contributed by atoms with Crippen LogP contribution < -0.4 is 4.90 Å².